The fourth-order valence-electron chi connectivity index (χ4n) is 2.81. The predicted octanol–water partition coefficient (Wildman–Crippen LogP) is 6.47. The van der Waals surface area contributed by atoms with Crippen LogP contribution in [0.2, 0.25) is 15.2 Å². The van der Waals surface area contributed by atoms with E-state index in [1.165, 1.54) is 11.0 Å². The summed E-state index contributed by atoms with van der Waals surface area (Å²) in [5, 5.41) is 10.7. The first-order valence-corrected chi connectivity index (χ1v) is 10.4. The number of benzene rings is 1. The molecule has 1 atom stereocenters. The number of aliphatic hydroxyl groups excluding tert-OH is 1. The first kappa shape index (κ1) is 24.4. The van der Waals surface area contributed by atoms with E-state index in [2.05, 4.69) is 16.5 Å². The molecule has 1 heterocycles. The number of hydrogen-bond acceptors (Lipinski definition) is 5. The van der Waals surface area contributed by atoms with Gasteiger partial charge in [-0.25, -0.2) is 19.7 Å². The summed E-state index contributed by atoms with van der Waals surface area (Å²) in [5.74, 6) is 0.0289. The number of hydrogen-bond donors (Lipinski definition) is 1. The number of amides is 1. The van der Waals surface area contributed by atoms with Crippen LogP contribution in [0.4, 0.5) is 16.3 Å². The highest BCUT2D eigenvalue weighted by atomic mass is 35.5. The van der Waals surface area contributed by atoms with Gasteiger partial charge >= 0.3 is 6.09 Å². The highest BCUT2D eigenvalue weighted by molar-refractivity contribution is 6.37. The molecule has 1 N–H and O–H groups in total. The topological polar surface area (TPSA) is 75.6 Å². The van der Waals surface area contributed by atoms with Crippen molar-refractivity contribution in [2.24, 2.45) is 0 Å². The standard InChI is InChI=1S/C21H24Cl3N3O3/c1-6-7-13(11-28)17-18(24)25-12(2)26-19(17)27(20(29)30-21(3,4)5)16-9-8-14(22)10-15(16)23/h6,8-10,13,28H,1,7,11H2,2-5H3. The Labute approximate surface area is 191 Å². The van der Waals surface area contributed by atoms with Gasteiger partial charge in [-0.3, -0.25) is 0 Å². The zero-order valence-corrected chi connectivity index (χ0v) is 19.5. The summed E-state index contributed by atoms with van der Waals surface area (Å²) < 4.78 is 5.61. The quantitative estimate of drug-likeness (QED) is 0.385. The van der Waals surface area contributed by atoms with Crippen LogP contribution in [0.3, 0.4) is 0 Å². The number of aromatic nitrogens is 2. The van der Waals surface area contributed by atoms with Crippen LogP contribution < -0.4 is 4.90 Å². The van der Waals surface area contributed by atoms with Crippen LogP contribution in [0.15, 0.2) is 30.9 Å². The van der Waals surface area contributed by atoms with Gasteiger partial charge in [0.25, 0.3) is 0 Å². The molecular formula is C21H24Cl3N3O3. The molecule has 0 spiro atoms. The number of halogens is 3. The lowest BCUT2D eigenvalue weighted by atomic mass is 9.97. The molecule has 6 nitrogen and oxygen atoms in total. The van der Waals surface area contributed by atoms with Crippen molar-refractivity contribution in [1.82, 2.24) is 9.97 Å². The monoisotopic (exact) mass is 471 g/mol. The largest absolute Gasteiger partial charge is 0.443 e. The highest BCUT2D eigenvalue weighted by Gasteiger charge is 2.32. The van der Waals surface area contributed by atoms with E-state index in [0.29, 0.717) is 28.5 Å². The van der Waals surface area contributed by atoms with Gasteiger partial charge in [-0.15, -0.1) is 6.58 Å². The van der Waals surface area contributed by atoms with Crippen LogP contribution in [0.25, 0.3) is 0 Å². The molecule has 162 valence electrons. The molecule has 0 bridgehead atoms. The van der Waals surface area contributed by atoms with Crippen molar-refractivity contribution in [2.75, 3.05) is 11.5 Å². The number of anilines is 2. The molecule has 9 heteroatoms. The van der Waals surface area contributed by atoms with Gasteiger partial charge in [0.1, 0.15) is 16.6 Å². The number of nitrogens with zero attached hydrogens (tertiary/aromatic N) is 3. The minimum atomic E-state index is -0.780. The number of aryl methyl sites for hydroxylation is 1. The predicted molar refractivity (Wildman–Crippen MR) is 121 cm³/mol. The number of aliphatic hydroxyl groups is 1. The third-order valence-electron chi connectivity index (χ3n) is 4.01. The third kappa shape index (κ3) is 5.85. The number of allylic oxidation sites excluding steroid dienone is 1. The SMILES string of the molecule is C=CCC(CO)c1c(Cl)nc(C)nc1N(C(=O)OC(C)(C)C)c1ccc(Cl)cc1Cl. The Kier molecular flexibility index (Phi) is 8.11. The lowest BCUT2D eigenvalue weighted by molar-refractivity contribution is 0.0597. The molecule has 0 saturated carbocycles. The van der Waals surface area contributed by atoms with Crippen molar-refractivity contribution in [3.63, 3.8) is 0 Å². The van der Waals surface area contributed by atoms with Crippen LogP contribution in [-0.4, -0.2) is 33.4 Å². The molecule has 1 aromatic carbocycles. The minimum absolute atomic E-state index is 0.122. The average Bonchev–Trinajstić information content (AvgIpc) is 2.60. The summed E-state index contributed by atoms with van der Waals surface area (Å²) in [6.07, 6.45) is 1.33. The minimum Gasteiger partial charge on any atom is -0.443 e. The molecule has 0 aliphatic rings. The van der Waals surface area contributed by atoms with E-state index in [0.717, 1.165) is 0 Å². The van der Waals surface area contributed by atoms with Crippen molar-refractivity contribution < 1.29 is 14.6 Å². The third-order valence-corrected chi connectivity index (χ3v) is 4.84. The maximum Gasteiger partial charge on any atom is 0.420 e. The highest BCUT2D eigenvalue weighted by Crippen LogP contribution is 2.40. The lowest BCUT2D eigenvalue weighted by Gasteiger charge is -2.30. The first-order valence-electron chi connectivity index (χ1n) is 9.22. The smallest absolute Gasteiger partial charge is 0.420 e. The summed E-state index contributed by atoms with van der Waals surface area (Å²) in [4.78, 5) is 23.2. The molecule has 2 rings (SSSR count). The summed E-state index contributed by atoms with van der Waals surface area (Å²) in [6.45, 7) is 10.4. The van der Waals surface area contributed by atoms with Gasteiger partial charge in [0.15, 0.2) is 5.82 Å². The van der Waals surface area contributed by atoms with Crippen LogP contribution in [0, 0.1) is 6.92 Å². The molecule has 0 aliphatic carbocycles. The Morgan fingerprint density at radius 1 is 1.30 bits per heavy atom. The zero-order chi connectivity index (χ0) is 22.6. The summed E-state index contributed by atoms with van der Waals surface area (Å²) in [6, 6.07) is 4.70. The van der Waals surface area contributed by atoms with Gasteiger partial charge in [0.05, 0.1) is 17.3 Å². The maximum absolute atomic E-state index is 13.3. The van der Waals surface area contributed by atoms with E-state index in [1.54, 1.807) is 45.9 Å². The van der Waals surface area contributed by atoms with Gasteiger partial charge in [-0.2, -0.15) is 0 Å². The van der Waals surface area contributed by atoms with E-state index in [9.17, 15) is 9.90 Å². The Hall–Kier alpha value is -1.86. The number of carbonyl (C=O) groups excluding carboxylic acids is 1. The van der Waals surface area contributed by atoms with Gasteiger partial charge in [-0.1, -0.05) is 40.9 Å². The van der Waals surface area contributed by atoms with Crippen molar-refractivity contribution in [3.8, 4) is 0 Å². The normalized spacial score (nSPS) is 12.4. The number of carbonyl (C=O) groups is 1. The molecule has 30 heavy (non-hydrogen) atoms. The zero-order valence-electron chi connectivity index (χ0n) is 17.2. The second-order valence-electron chi connectivity index (χ2n) is 7.61. The maximum atomic E-state index is 13.3. The van der Waals surface area contributed by atoms with Crippen LogP contribution >= 0.6 is 34.8 Å². The van der Waals surface area contributed by atoms with E-state index in [-0.39, 0.29) is 22.6 Å². The Bertz CT molecular complexity index is 945. The molecule has 2 aromatic rings. The van der Waals surface area contributed by atoms with Crippen molar-refractivity contribution in [2.45, 2.75) is 45.6 Å². The van der Waals surface area contributed by atoms with Crippen molar-refractivity contribution in [3.05, 3.63) is 57.4 Å². The van der Waals surface area contributed by atoms with Crippen LogP contribution in [0.1, 0.15) is 44.5 Å². The van der Waals surface area contributed by atoms with Gasteiger partial charge in [-0.05, 0) is 52.3 Å². The number of rotatable bonds is 6. The first-order chi connectivity index (χ1) is 14.0. The average molecular weight is 473 g/mol. The van der Waals surface area contributed by atoms with Crippen LogP contribution in [0.5, 0.6) is 0 Å². The van der Waals surface area contributed by atoms with Gasteiger partial charge in [0.2, 0.25) is 0 Å². The van der Waals surface area contributed by atoms with Crippen molar-refractivity contribution >= 4 is 52.4 Å². The van der Waals surface area contributed by atoms with Gasteiger partial charge in [0, 0.05) is 16.5 Å². The molecule has 1 unspecified atom stereocenters. The van der Waals surface area contributed by atoms with E-state index in [1.807, 2.05) is 0 Å². The molecule has 0 radical (unpaired) electrons. The Balaban J connectivity index is 2.81. The molecular weight excluding hydrogens is 449 g/mol. The summed E-state index contributed by atoms with van der Waals surface area (Å²) in [7, 11) is 0. The molecule has 0 aliphatic heterocycles. The van der Waals surface area contributed by atoms with E-state index >= 15 is 0 Å². The van der Waals surface area contributed by atoms with Crippen molar-refractivity contribution in [1.29, 1.82) is 0 Å². The van der Waals surface area contributed by atoms with E-state index < -0.39 is 17.6 Å². The van der Waals surface area contributed by atoms with Crippen LogP contribution in [-0.2, 0) is 4.74 Å². The van der Waals surface area contributed by atoms with Gasteiger partial charge < -0.3 is 9.84 Å². The second kappa shape index (κ2) is 9.96. The molecule has 1 aromatic heterocycles. The summed E-state index contributed by atoms with van der Waals surface area (Å²) >= 11 is 18.9. The fourth-order valence-corrected chi connectivity index (χ4v) is 3.66. The summed E-state index contributed by atoms with van der Waals surface area (Å²) in [5.41, 5.74) is -0.0832. The Morgan fingerprint density at radius 2 is 1.97 bits per heavy atom. The lowest BCUT2D eigenvalue weighted by Crippen LogP contribution is -2.35. The molecule has 0 fully saturated rings. The Morgan fingerprint density at radius 3 is 2.50 bits per heavy atom. The van der Waals surface area contributed by atoms with E-state index in [4.69, 9.17) is 39.5 Å². The molecule has 1 amide bonds. The second-order valence-corrected chi connectivity index (χ2v) is 8.82. The number of ether oxygens (including phenoxy) is 1. The molecule has 0 saturated heterocycles. The fraction of sp³-hybridized carbons (Fsp3) is 0.381.